The van der Waals surface area contributed by atoms with Crippen molar-refractivity contribution in [2.75, 3.05) is 0 Å². The van der Waals surface area contributed by atoms with Gasteiger partial charge in [0, 0.05) is 0 Å². The van der Waals surface area contributed by atoms with Crippen LogP contribution in [0.15, 0.2) is 24.3 Å². The molecule has 116 valence electrons. The van der Waals surface area contributed by atoms with Crippen LogP contribution in [0.2, 0.25) is 0 Å². The van der Waals surface area contributed by atoms with Crippen molar-refractivity contribution >= 4 is 11.9 Å². The Morgan fingerprint density at radius 1 is 1.24 bits per heavy atom. The number of nitrogens with one attached hydrogen (secondary N) is 1. The monoisotopic (exact) mass is 305 g/mol. The van der Waals surface area contributed by atoms with Crippen molar-refractivity contribution in [2.45, 2.75) is 32.2 Å². The summed E-state index contributed by atoms with van der Waals surface area (Å²) in [4.78, 5) is 22.2. The highest BCUT2D eigenvalue weighted by Gasteiger charge is 2.35. The molecule has 21 heavy (non-hydrogen) atoms. The predicted octanol–water partition coefficient (Wildman–Crippen LogP) is 2.06. The van der Waals surface area contributed by atoms with Gasteiger partial charge in [-0.15, -0.1) is 0 Å². The fraction of sp³-hybridized carbons (Fsp3) is 0.385. The zero-order chi connectivity index (χ0) is 16.2. The van der Waals surface area contributed by atoms with Crippen molar-refractivity contribution in [3.8, 4) is 5.75 Å². The van der Waals surface area contributed by atoms with Gasteiger partial charge in [0.2, 0.25) is 0 Å². The second-order valence-electron chi connectivity index (χ2n) is 4.32. The number of alkyl halides is 3. The highest BCUT2D eigenvalue weighted by Crippen LogP contribution is 2.36. The zero-order valence-electron chi connectivity index (χ0n) is 11.3. The normalized spacial score (nSPS) is 14.1. The third-order valence-electron chi connectivity index (χ3n) is 2.59. The van der Waals surface area contributed by atoms with Gasteiger partial charge in [-0.1, -0.05) is 12.1 Å². The lowest BCUT2D eigenvalue weighted by atomic mass is 10.2. The first kappa shape index (κ1) is 16.8. The Morgan fingerprint density at radius 2 is 1.81 bits per heavy atom. The third kappa shape index (κ3) is 4.66. The van der Waals surface area contributed by atoms with Crippen LogP contribution in [0.4, 0.5) is 13.2 Å². The average Bonchev–Trinajstić information content (AvgIpc) is 2.37. The summed E-state index contributed by atoms with van der Waals surface area (Å²) in [6.45, 7) is 2.47. The van der Waals surface area contributed by atoms with Crippen molar-refractivity contribution in [2.24, 2.45) is 0 Å². The van der Waals surface area contributed by atoms with Crippen LogP contribution < -0.4 is 10.1 Å². The summed E-state index contributed by atoms with van der Waals surface area (Å²) in [7, 11) is 0. The Hall–Kier alpha value is -2.25. The summed E-state index contributed by atoms with van der Waals surface area (Å²) >= 11 is 0. The smallest absolute Gasteiger partial charge is 0.419 e. The number of hydrogen-bond acceptors (Lipinski definition) is 3. The molecule has 0 aliphatic heterocycles. The van der Waals surface area contributed by atoms with E-state index >= 15 is 0 Å². The molecule has 1 rings (SSSR count). The van der Waals surface area contributed by atoms with Crippen LogP contribution in [0.3, 0.4) is 0 Å². The fourth-order valence-corrected chi connectivity index (χ4v) is 1.44. The summed E-state index contributed by atoms with van der Waals surface area (Å²) < 4.78 is 43.3. The summed E-state index contributed by atoms with van der Waals surface area (Å²) in [5, 5.41) is 10.8. The van der Waals surface area contributed by atoms with Crippen LogP contribution >= 0.6 is 0 Å². The SMILES string of the molecule is CC(Oc1ccccc1C(F)(F)F)C(=O)N[C@H](C)C(=O)O. The molecular weight excluding hydrogens is 291 g/mol. The molecule has 2 atom stereocenters. The minimum absolute atomic E-state index is 0.490. The number of carboxylic acid groups (broad SMARTS) is 1. The van der Waals surface area contributed by atoms with E-state index in [9.17, 15) is 22.8 Å². The Labute approximate surface area is 118 Å². The molecule has 0 radical (unpaired) electrons. The molecule has 0 bridgehead atoms. The Bertz CT molecular complexity index is 530. The molecule has 0 heterocycles. The molecule has 0 aliphatic rings. The quantitative estimate of drug-likeness (QED) is 0.873. The van der Waals surface area contributed by atoms with Gasteiger partial charge in [0.25, 0.3) is 5.91 Å². The highest BCUT2D eigenvalue weighted by atomic mass is 19.4. The van der Waals surface area contributed by atoms with Gasteiger partial charge in [-0.2, -0.15) is 13.2 Å². The molecule has 0 fully saturated rings. The molecule has 1 aromatic carbocycles. The van der Waals surface area contributed by atoms with Crippen molar-refractivity contribution in [1.82, 2.24) is 5.32 Å². The number of benzene rings is 1. The summed E-state index contributed by atoms with van der Waals surface area (Å²) in [5.41, 5.74) is -1.00. The van der Waals surface area contributed by atoms with Crippen LogP contribution in [0.1, 0.15) is 19.4 Å². The van der Waals surface area contributed by atoms with E-state index in [4.69, 9.17) is 9.84 Å². The number of carbonyl (C=O) groups excluding carboxylic acids is 1. The van der Waals surface area contributed by atoms with E-state index in [2.05, 4.69) is 5.32 Å². The molecule has 2 N–H and O–H groups in total. The molecule has 0 spiro atoms. The van der Waals surface area contributed by atoms with Crippen LogP contribution in [0.25, 0.3) is 0 Å². The Kier molecular flexibility index (Phi) is 5.17. The van der Waals surface area contributed by atoms with Crippen molar-refractivity contribution < 1.29 is 32.6 Å². The largest absolute Gasteiger partial charge is 0.480 e. The van der Waals surface area contributed by atoms with E-state index in [1.807, 2.05) is 0 Å². The number of carbonyl (C=O) groups is 2. The number of para-hydroxylation sites is 1. The van der Waals surface area contributed by atoms with E-state index in [0.29, 0.717) is 0 Å². The summed E-state index contributed by atoms with van der Waals surface area (Å²) in [5.74, 6) is -2.57. The van der Waals surface area contributed by atoms with Gasteiger partial charge in [0.15, 0.2) is 6.10 Å². The maximum Gasteiger partial charge on any atom is 0.419 e. The van der Waals surface area contributed by atoms with Gasteiger partial charge < -0.3 is 15.2 Å². The molecule has 1 aromatic rings. The second-order valence-corrected chi connectivity index (χ2v) is 4.32. The molecule has 0 saturated heterocycles. The molecule has 1 amide bonds. The maximum absolute atomic E-state index is 12.8. The van der Waals surface area contributed by atoms with Gasteiger partial charge in [0.05, 0.1) is 5.56 Å². The number of halogens is 3. The highest BCUT2D eigenvalue weighted by molar-refractivity contribution is 5.86. The van der Waals surface area contributed by atoms with E-state index in [1.165, 1.54) is 26.0 Å². The Balaban J connectivity index is 2.82. The van der Waals surface area contributed by atoms with Crippen molar-refractivity contribution in [1.29, 1.82) is 0 Å². The number of aliphatic carboxylic acids is 1. The number of amides is 1. The van der Waals surface area contributed by atoms with Crippen LogP contribution in [-0.4, -0.2) is 29.1 Å². The number of carboxylic acids is 1. The molecular formula is C13H14F3NO4. The van der Waals surface area contributed by atoms with Crippen LogP contribution in [0.5, 0.6) is 5.75 Å². The van der Waals surface area contributed by atoms with Crippen LogP contribution in [-0.2, 0) is 15.8 Å². The first-order chi connectivity index (χ1) is 9.62. The van der Waals surface area contributed by atoms with Crippen molar-refractivity contribution in [3.63, 3.8) is 0 Å². The van der Waals surface area contributed by atoms with Gasteiger partial charge in [0.1, 0.15) is 11.8 Å². The third-order valence-corrected chi connectivity index (χ3v) is 2.59. The minimum atomic E-state index is -4.61. The van der Waals surface area contributed by atoms with Gasteiger partial charge in [-0.3, -0.25) is 9.59 Å². The average molecular weight is 305 g/mol. The lowest BCUT2D eigenvalue weighted by Crippen LogP contribution is -2.44. The van der Waals surface area contributed by atoms with Crippen molar-refractivity contribution in [3.05, 3.63) is 29.8 Å². The van der Waals surface area contributed by atoms with Gasteiger partial charge in [-0.05, 0) is 26.0 Å². The molecule has 0 aliphatic carbocycles. The van der Waals surface area contributed by atoms with E-state index in [0.717, 1.165) is 12.1 Å². The topological polar surface area (TPSA) is 75.6 Å². The Morgan fingerprint density at radius 3 is 2.33 bits per heavy atom. The molecule has 0 saturated carbocycles. The number of rotatable bonds is 5. The summed E-state index contributed by atoms with van der Waals surface area (Å²) in [6.07, 6.45) is -5.88. The number of ether oxygens (including phenoxy) is 1. The first-order valence-corrected chi connectivity index (χ1v) is 5.99. The van der Waals surface area contributed by atoms with Gasteiger partial charge in [-0.25, -0.2) is 0 Å². The molecule has 1 unspecified atom stereocenters. The standard InChI is InChI=1S/C13H14F3NO4/c1-7(12(19)20)17-11(18)8(2)21-10-6-4-3-5-9(10)13(14,15)16/h3-8H,1-2H3,(H,17,18)(H,19,20)/t7-,8?/m1/s1. The van der Waals surface area contributed by atoms with Gasteiger partial charge >= 0.3 is 12.1 Å². The fourth-order valence-electron chi connectivity index (χ4n) is 1.44. The number of hydrogen-bond donors (Lipinski definition) is 2. The molecule has 8 heteroatoms. The molecule has 5 nitrogen and oxygen atoms in total. The lowest BCUT2D eigenvalue weighted by Gasteiger charge is -2.19. The van der Waals surface area contributed by atoms with E-state index in [1.54, 1.807) is 0 Å². The van der Waals surface area contributed by atoms with E-state index in [-0.39, 0.29) is 0 Å². The van der Waals surface area contributed by atoms with Crippen LogP contribution in [0, 0.1) is 0 Å². The minimum Gasteiger partial charge on any atom is -0.480 e. The summed E-state index contributed by atoms with van der Waals surface area (Å²) in [6, 6.07) is 3.30. The maximum atomic E-state index is 12.8. The first-order valence-electron chi connectivity index (χ1n) is 5.99. The lowest BCUT2D eigenvalue weighted by molar-refractivity contribution is -0.143. The zero-order valence-corrected chi connectivity index (χ0v) is 11.3. The van der Waals surface area contributed by atoms with E-state index < -0.39 is 41.5 Å². The second kappa shape index (κ2) is 6.47. The predicted molar refractivity (Wildman–Crippen MR) is 66.8 cm³/mol. The molecule has 0 aromatic heterocycles.